The molecule has 0 radical (unpaired) electrons. The molecular formula is C24H25NO10S2. The van der Waals surface area contributed by atoms with Gasteiger partial charge in [-0.1, -0.05) is 54.3 Å². The Morgan fingerprint density at radius 3 is 2.05 bits per heavy atom. The summed E-state index contributed by atoms with van der Waals surface area (Å²) in [7, 11) is 0. The molecule has 2 aliphatic rings. The minimum atomic E-state index is -1.43. The van der Waals surface area contributed by atoms with Crippen LogP contribution in [-0.2, 0) is 47.7 Å². The number of benzene rings is 1. The lowest BCUT2D eigenvalue weighted by molar-refractivity contribution is -0.268. The molecule has 0 N–H and O–H groups in total. The van der Waals surface area contributed by atoms with Gasteiger partial charge in [0.2, 0.25) is 0 Å². The minimum absolute atomic E-state index is 0.0908. The van der Waals surface area contributed by atoms with Crippen LogP contribution in [0.2, 0.25) is 0 Å². The maximum atomic E-state index is 13.5. The van der Waals surface area contributed by atoms with E-state index in [4.69, 9.17) is 35.9 Å². The molecule has 2 fully saturated rings. The van der Waals surface area contributed by atoms with Crippen LogP contribution in [0.4, 0.5) is 0 Å². The number of hydrogen-bond acceptors (Lipinski definition) is 12. The monoisotopic (exact) mass is 551 g/mol. The fraction of sp³-hybridized carbons (Fsp3) is 0.417. The van der Waals surface area contributed by atoms with E-state index in [2.05, 4.69) is 0 Å². The Labute approximate surface area is 222 Å². The second-order valence-electron chi connectivity index (χ2n) is 8.05. The largest absolute Gasteiger partial charge is 0.463 e. The molecule has 11 nitrogen and oxygen atoms in total. The van der Waals surface area contributed by atoms with Crippen LogP contribution in [0.3, 0.4) is 0 Å². The first-order chi connectivity index (χ1) is 17.5. The lowest BCUT2D eigenvalue weighted by atomic mass is 9.96. The van der Waals surface area contributed by atoms with Crippen LogP contribution >= 0.6 is 24.0 Å². The van der Waals surface area contributed by atoms with Crippen molar-refractivity contribution >= 4 is 64.2 Å². The van der Waals surface area contributed by atoms with E-state index in [-0.39, 0.29) is 9.23 Å². The highest BCUT2D eigenvalue weighted by molar-refractivity contribution is 8.26. The number of ether oxygens (including phenoxy) is 5. The minimum Gasteiger partial charge on any atom is -0.463 e. The van der Waals surface area contributed by atoms with Crippen molar-refractivity contribution in [3.63, 3.8) is 0 Å². The Kier molecular flexibility index (Phi) is 9.40. The van der Waals surface area contributed by atoms with Crippen LogP contribution in [0.15, 0.2) is 35.2 Å². The van der Waals surface area contributed by atoms with Gasteiger partial charge in [0.05, 0.1) is 4.91 Å². The van der Waals surface area contributed by atoms with Crippen molar-refractivity contribution < 1.29 is 47.7 Å². The predicted octanol–water partition coefficient (Wildman–Crippen LogP) is 1.97. The van der Waals surface area contributed by atoms with Gasteiger partial charge in [-0.05, 0) is 11.6 Å². The molecule has 5 atom stereocenters. The number of carbonyl (C=O) groups excluding carboxylic acids is 5. The van der Waals surface area contributed by atoms with Crippen molar-refractivity contribution in [2.75, 3.05) is 6.61 Å². The van der Waals surface area contributed by atoms with Crippen molar-refractivity contribution in [2.45, 2.75) is 58.3 Å². The number of thioether (sulfide) groups is 1. The third-order valence-corrected chi connectivity index (χ3v) is 6.47. The highest BCUT2D eigenvalue weighted by atomic mass is 32.2. The summed E-state index contributed by atoms with van der Waals surface area (Å²) in [6.07, 6.45) is -5.12. The smallest absolute Gasteiger partial charge is 0.303 e. The Hall–Kier alpha value is -3.29. The SMILES string of the molecule is CC(=O)OCC1OC(N2C(=O)/C(=C/c3ccccc3)SC2=S)C(OC(C)=O)C(OC(C)=O)C1OC(C)=O. The van der Waals surface area contributed by atoms with Crippen molar-refractivity contribution in [3.8, 4) is 0 Å². The van der Waals surface area contributed by atoms with Gasteiger partial charge in [-0.25, -0.2) is 0 Å². The van der Waals surface area contributed by atoms with Gasteiger partial charge in [0.25, 0.3) is 5.91 Å². The van der Waals surface area contributed by atoms with E-state index < -0.39 is 67.0 Å². The standard InChI is InChI=1S/C24H25NO10S2/c1-12(26)31-11-17-19(32-13(2)27)20(33-14(3)28)21(34-15(4)29)23(35-17)25-22(30)18(37-24(25)36)10-16-8-6-5-7-9-16/h5-10,17,19-21,23H,11H2,1-4H3/b18-10-. The van der Waals surface area contributed by atoms with Crippen LogP contribution in [0.5, 0.6) is 0 Å². The molecular weight excluding hydrogens is 526 g/mol. The van der Waals surface area contributed by atoms with E-state index in [0.717, 1.165) is 43.0 Å². The van der Waals surface area contributed by atoms with Gasteiger partial charge in [-0.2, -0.15) is 0 Å². The first-order valence-electron chi connectivity index (χ1n) is 11.1. The van der Waals surface area contributed by atoms with Crippen LogP contribution in [0.25, 0.3) is 6.08 Å². The summed E-state index contributed by atoms with van der Waals surface area (Å²) in [5, 5.41) is 0. The molecule has 0 aromatic heterocycles. The quantitative estimate of drug-likeness (QED) is 0.212. The summed E-state index contributed by atoms with van der Waals surface area (Å²) >= 11 is 6.46. The zero-order chi connectivity index (χ0) is 27.3. The number of thiocarbonyl (C=S) groups is 1. The molecule has 2 saturated heterocycles. The molecule has 0 saturated carbocycles. The fourth-order valence-corrected chi connectivity index (χ4v) is 5.12. The summed E-state index contributed by atoms with van der Waals surface area (Å²) in [6.45, 7) is 4.11. The average molecular weight is 552 g/mol. The summed E-state index contributed by atoms with van der Waals surface area (Å²) in [4.78, 5) is 62.3. The van der Waals surface area contributed by atoms with E-state index in [1.54, 1.807) is 18.2 Å². The van der Waals surface area contributed by atoms with Crippen molar-refractivity contribution in [3.05, 3.63) is 40.8 Å². The summed E-state index contributed by atoms with van der Waals surface area (Å²) in [5.74, 6) is -3.50. The summed E-state index contributed by atoms with van der Waals surface area (Å²) in [5.41, 5.74) is 0.754. The van der Waals surface area contributed by atoms with Crippen LogP contribution < -0.4 is 0 Å². The Morgan fingerprint density at radius 1 is 0.919 bits per heavy atom. The molecule has 0 bridgehead atoms. The van der Waals surface area contributed by atoms with Gasteiger partial charge in [0.1, 0.15) is 12.7 Å². The number of rotatable bonds is 7. The van der Waals surface area contributed by atoms with Gasteiger partial charge >= 0.3 is 23.9 Å². The number of amides is 1. The van der Waals surface area contributed by atoms with E-state index in [1.807, 2.05) is 18.2 Å². The van der Waals surface area contributed by atoms with Crippen molar-refractivity contribution in [1.29, 1.82) is 0 Å². The van der Waals surface area contributed by atoms with Crippen LogP contribution in [0.1, 0.15) is 33.3 Å². The molecule has 1 aromatic rings. The number of carbonyl (C=O) groups is 5. The lowest BCUT2D eigenvalue weighted by Gasteiger charge is -2.46. The molecule has 0 spiro atoms. The number of hydrogen-bond donors (Lipinski definition) is 0. The Bertz CT molecular complexity index is 1120. The van der Waals surface area contributed by atoms with Crippen LogP contribution in [-0.4, -0.2) is 76.3 Å². The van der Waals surface area contributed by atoms with Gasteiger partial charge in [-0.3, -0.25) is 28.9 Å². The number of nitrogens with zero attached hydrogens (tertiary/aromatic N) is 1. The molecule has 3 rings (SSSR count). The van der Waals surface area contributed by atoms with Crippen molar-refractivity contribution in [2.24, 2.45) is 0 Å². The average Bonchev–Trinajstić information content (AvgIpc) is 3.07. The van der Waals surface area contributed by atoms with Crippen molar-refractivity contribution in [1.82, 2.24) is 4.90 Å². The third-order valence-electron chi connectivity index (χ3n) is 5.14. The first-order valence-corrected chi connectivity index (χ1v) is 12.3. The topological polar surface area (TPSA) is 135 Å². The first kappa shape index (κ1) is 28.3. The van der Waals surface area contributed by atoms with E-state index >= 15 is 0 Å². The lowest BCUT2D eigenvalue weighted by Crippen LogP contribution is -2.66. The summed E-state index contributed by atoms with van der Waals surface area (Å²) < 4.78 is 27.4. The Balaban J connectivity index is 2.05. The molecule has 2 aliphatic heterocycles. The van der Waals surface area contributed by atoms with Gasteiger partial charge < -0.3 is 23.7 Å². The molecule has 1 aromatic carbocycles. The zero-order valence-corrected chi connectivity index (χ0v) is 22.0. The zero-order valence-electron chi connectivity index (χ0n) is 20.4. The highest BCUT2D eigenvalue weighted by Gasteiger charge is 2.56. The molecule has 0 aliphatic carbocycles. The molecule has 37 heavy (non-hydrogen) atoms. The van der Waals surface area contributed by atoms with Gasteiger partial charge in [0, 0.05) is 27.7 Å². The Morgan fingerprint density at radius 2 is 1.49 bits per heavy atom. The second-order valence-corrected chi connectivity index (χ2v) is 9.73. The third kappa shape index (κ3) is 7.14. The fourth-order valence-electron chi connectivity index (χ4n) is 3.81. The van der Waals surface area contributed by atoms with E-state index in [0.29, 0.717) is 0 Å². The molecule has 1 amide bonds. The van der Waals surface area contributed by atoms with Crippen LogP contribution in [0, 0.1) is 0 Å². The number of esters is 4. The van der Waals surface area contributed by atoms with E-state index in [9.17, 15) is 24.0 Å². The normalized spacial score (nSPS) is 26.5. The van der Waals surface area contributed by atoms with Gasteiger partial charge in [-0.15, -0.1) is 0 Å². The maximum absolute atomic E-state index is 13.5. The predicted molar refractivity (Wildman–Crippen MR) is 133 cm³/mol. The molecule has 198 valence electrons. The highest BCUT2D eigenvalue weighted by Crippen LogP contribution is 2.39. The molecule has 5 unspecified atom stereocenters. The second kappa shape index (κ2) is 12.3. The molecule has 13 heteroatoms. The molecule has 2 heterocycles. The maximum Gasteiger partial charge on any atom is 0.303 e. The van der Waals surface area contributed by atoms with Gasteiger partial charge in [0.15, 0.2) is 28.9 Å². The summed E-state index contributed by atoms with van der Waals surface area (Å²) in [6, 6.07) is 9.07. The van der Waals surface area contributed by atoms with E-state index in [1.165, 1.54) is 6.92 Å².